The van der Waals surface area contributed by atoms with Crippen molar-refractivity contribution in [3.63, 3.8) is 0 Å². The van der Waals surface area contributed by atoms with Gasteiger partial charge in [0.25, 0.3) is 0 Å². The molecule has 0 aromatic heterocycles. The fraction of sp³-hybridized carbons (Fsp3) is 1.00. The van der Waals surface area contributed by atoms with E-state index in [1.54, 1.807) is 0 Å². The van der Waals surface area contributed by atoms with Crippen LogP contribution in [-0.4, -0.2) is 74.8 Å². The fourth-order valence-corrected chi connectivity index (χ4v) is 3.55. The molecule has 1 unspecified atom stereocenters. The van der Waals surface area contributed by atoms with Crippen molar-refractivity contribution in [1.29, 1.82) is 0 Å². The Labute approximate surface area is 128 Å². The van der Waals surface area contributed by atoms with E-state index >= 15 is 0 Å². The molecular weight excluding hydrogens is 268 g/mol. The van der Waals surface area contributed by atoms with E-state index in [9.17, 15) is 0 Å². The van der Waals surface area contributed by atoms with Crippen LogP contribution >= 0.6 is 0 Å². The van der Waals surface area contributed by atoms with Crippen LogP contribution in [0.2, 0.25) is 0 Å². The third-order valence-electron chi connectivity index (χ3n) is 5.07. The minimum Gasteiger partial charge on any atom is -0.394 e. The van der Waals surface area contributed by atoms with Gasteiger partial charge in [0.15, 0.2) is 0 Å². The summed E-state index contributed by atoms with van der Waals surface area (Å²) in [5.41, 5.74) is 0.321. The van der Waals surface area contributed by atoms with E-state index in [-0.39, 0.29) is 6.61 Å². The van der Waals surface area contributed by atoms with Gasteiger partial charge in [-0.25, -0.2) is 0 Å². The van der Waals surface area contributed by atoms with Crippen molar-refractivity contribution < 1.29 is 14.6 Å². The van der Waals surface area contributed by atoms with Crippen LogP contribution in [0.4, 0.5) is 0 Å². The SMILES string of the molecule is OCCOC1CCN(CC2(CNC3CC3)CCOC2)CC1. The van der Waals surface area contributed by atoms with Crippen LogP contribution in [-0.2, 0) is 9.47 Å². The molecule has 0 spiro atoms. The molecule has 1 atom stereocenters. The molecule has 21 heavy (non-hydrogen) atoms. The van der Waals surface area contributed by atoms with Gasteiger partial charge in [0.1, 0.15) is 0 Å². The van der Waals surface area contributed by atoms with Crippen LogP contribution in [0.15, 0.2) is 0 Å². The van der Waals surface area contributed by atoms with Crippen molar-refractivity contribution in [3.05, 3.63) is 0 Å². The summed E-state index contributed by atoms with van der Waals surface area (Å²) in [5.74, 6) is 0. The highest BCUT2D eigenvalue weighted by Gasteiger charge is 2.38. The highest BCUT2D eigenvalue weighted by Crippen LogP contribution is 2.32. The Hall–Kier alpha value is -0.200. The number of hydrogen-bond acceptors (Lipinski definition) is 5. The van der Waals surface area contributed by atoms with Crippen molar-refractivity contribution in [2.24, 2.45) is 5.41 Å². The van der Waals surface area contributed by atoms with Crippen LogP contribution in [0, 0.1) is 5.41 Å². The van der Waals surface area contributed by atoms with Gasteiger partial charge in [-0.1, -0.05) is 0 Å². The Morgan fingerprint density at radius 1 is 1.24 bits per heavy atom. The number of rotatable bonds is 8. The number of aliphatic hydroxyl groups excluding tert-OH is 1. The number of nitrogens with one attached hydrogen (secondary N) is 1. The molecule has 0 radical (unpaired) electrons. The number of hydrogen-bond donors (Lipinski definition) is 2. The third-order valence-corrected chi connectivity index (χ3v) is 5.07. The minimum absolute atomic E-state index is 0.132. The molecule has 2 N–H and O–H groups in total. The molecule has 122 valence electrons. The number of piperidine rings is 1. The van der Waals surface area contributed by atoms with E-state index in [0.29, 0.717) is 18.1 Å². The zero-order valence-electron chi connectivity index (χ0n) is 13.1. The molecular formula is C16H30N2O3. The minimum atomic E-state index is 0.132. The molecule has 5 heteroatoms. The lowest BCUT2D eigenvalue weighted by molar-refractivity contribution is -0.0155. The van der Waals surface area contributed by atoms with Crippen LogP contribution in [0.5, 0.6) is 0 Å². The Bertz CT molecular complexity index is 309. The van der Waals surface area contributed by atoms with E-state index in [1.807, 2.05) is 0 Å². The molecule has 0 aromatic carbocycles. The topological polar surface area (TPSA) is 54.0 Å². The number of aliphatic hydroxyl groups is 1. The molecule has 0 amide bonds. The molecule has 1 aliphatic carbocycles. The van der Waals surface area contributed by atoms with Gasteiger partial charge < -0.3 is 24.8 Å². The van der Waals surface area contributed by atoms with Gasteiger partial charge in [-0.3, -0.25) is 0 Å². The average Bonchev–Trinajstić information content (AvgIpc) is 3.24. The second-order valence-corrected chi connectivity index (χ2v) is 7.03. The van der Waals surface area contributed by atoms with Crippen molar-refractivity contribution in [1.82, 2.24) is 10.2 Å². The van der Waals surface area contributed by atoms with Gasteiger partial charge in [-0.05, 0) is 32.1 Å². The maximum absolute atomic E-state index is 8.83. The fourth-order valence-electron chi connectivity index (χ4n) is 3.55. The van der Waals surface area contributed by atoms with Gasteiger partial charge in [-0.15, -0.1) is 0 Å². The van der Waals surface area contributed by atoms with Crippen LogP contribution in [0.25, 0.3) is 0 Å². The quantitative estimate of drug-likeness (QED) is 0.688. The molecule has 2 aliphatic heterocycles. The van der Waals surface area contributed by atoms with Gasteiger partial charge in [0.2, 0.25) is 0 Å². The average molecular weight is 298 g/mol. The Morgan fingerprint density at radius 3 is 2.67 bits per heavy atom. The van der Waals surface area contributed by atoms with E-state index < -0.39 is 0 Å². The van der Waals surface area contributed by atoms with Crippen LogP contribution in [0.1, 0.15) is 32.1 Å². The Kier molecular flexibility index (Phi) is 5.51. The number of ether oxygens (including phenoxy) is 2. The van der Waals surface area contributed by atoms with Gasteiger partial charge in [0, 0.05) is 44.2 Å². The zero-order valence-corrected chi connectivity index (χ0v) is 13.1. The lowest BCUT2D eigenvalue weighted by atomic mass is 9.85. The Balaban J connectivity index is 1.43. The lowest BCUT2D eigenvalue weighted by Crippen LogP contribution is -2.48. The largest absolute Gasteiger partial charge is 0.394 e. The van der Waals surface area contributed by atoms with Gasteiger partial charge in [-0.2, -0.15) is 0 Å². The summed E-state index contributed by atoms with van der Waals surface area (Å²) in [4.78, 5) is 2.59. The molecule has 3 aliphatic rings. The monoisotopic (exact) mass is 298 g/mol. The number of likely N-dealkylation sites (tertiary alicyclic amines) is 1. The van der Waals surface area contributed by atoms with E-state index in [0.717, 1.165) is 58.3 Å². The molecule has 5 nitrogen and oxygen atoms in total. The first-order chi connectivity index (χ1) is 10.3. The molecule has 3 rings (SSSR count). The van der Waals surface area contributed by atoms with Crippen LogP contribution in [0.3, 0.4) is 0 Å². The normalized spacial score (nSPS) is 31.9. The summed E-state index contributed by atoms with van der Waals surface area (Å²) in [6.45, 7) is 6.93. The molecule has 2 heterocycles. The summed E-state index contributed by atoms with van der Waals surface area (Å²) < 4.78 is 11.4. The highest BCUT2D eigenvalue weighted by molar-refractivity contribution is 4.92. The van der Waals surface area contributed by atoms with Crippen molar-refractivity contribution >= 4 is 0 Å². The zero-order chi connectivity index (χ0) is 14.5. The second kappa shape index (κ2) is 7.38. The summed E-state index contributed by atoms with van der Waals surface area (Å²) in [6, 6.07) is 0.778. The molecule has 3 fully saturated rings. The maximum Gasteiger partial charge on any atom is 0.0701 e. The first kappa shape index (κ1) is 15.7. The third kappa shape index (κ3) is 4.63. The second-order valence-electron chi connectivity index (χ2n) is 7.03. The van der Waals surface area contributed by atoms with Crippen LogP contribution < -0.4 is 5.32 Å². The summed E-state index contributed by atoms with van der Waals surface area (Å²) in [5, 5.41) is 12.5. The summed E-state index contributed by atoms with van der Waals surface area (Å²) >= 11 is 0. The molecule has 0 bridgehead atoms. The summed E-state index contributed by atoms with van der Waals surface area (Å²) in [7, 11) is 0. The number of nitrogens with zero attached hydrogens (tertiary/aromatic N) is 1. The van der Waals surface area contributed by atoms with E-state index in [1.165, 1.54) is 19.3 Å². The van der Waals surface area contributed by atoms with E-state index in [2.05, 4.69) is 10.2 Å². The maximum atomic E-state index is 8.83. The van der Waals surface area contributed by atoms with Crippen molar-refractivity contribution in [3.8, 4) is 0 Å². The van der Waals surface area contributed by atoms with Crippen molar-refractivity contribution in [2.45, 2.75) is 44.2 Å². The van der Waals surface area contributed by atoms with Crippen molar-refractivity contribution in [2.75, 3.05) is 52.6 Å². The first-order valence-corrected chi connectivity index (χ1v) is 8.56. The standard InChI is InChI=1S/C16H30N2O3/c19-8-10-21-15-3-6-18(7-4-15)12-16(5-9-20-13-16)11-17-14-1-2-14/h14-15,17,19H,1-13H2. The first-order valence-electron chi connectivity index (χ1n) is 8.56. The predicted molar refractivity (Wildman–Crippen MR) is 81.4 cm³/mol. The van der Waals surface area contributed by atoms with Gasteiger partial charge >= 0.3 is 0 Å². The predicted octanol–water partition coefficient (Wildman–Crippen LogP) is 0.618. The molecule has 2 saturated heterocycles. The molecule has 1 saturated carbocycles. The van der Waals surface area contributed by atoms with E-state index in [4.69, 9.17) is 14.6 Å². The summed E-state index contributed by atoms with van der Waals surface area (Å²) in [6.07, 6.45) is 6.41. The molecule has 0 aromatic rings. The highest BCUT2D eigenvalue weighted by atomic mass is 16.5. The smallest absolute Gasteiger partial charge is 0.0701 e. The Morgan fingerprint density at radius 2 is 2.05 bits per heavy atom. The van der Waals surface area contributed by atoms with Gasteiger partial charge in [0.05, 0.1) is 25.9 Å². The lowest BCUT2D eigenvalue weighted by Gasteiger charge is -2.38.